The molecule has 120 valence electrons. The van der Waals surface area contributed by atoms with Gasteiger partial charge in [-0.05, 0) is 33.1 Å². The van der Waals surface area contributed by atoms with Gasteiger partial charge in [0, 0.05) is 11.8 Å². The lowest BCUT2D eigenvalue weighted by Gasteiger charge is -2.39. The average Bonchev–Trinajstić information content (AvgIpc) is 3.08. The Kier molecular flexibility index (Phi) is 3.30. The van der Waals surface area contributed by atoms with Gasteiger partial charge in [0.2, 0.25) is 5.79 Å². The third-order valence-corrected chi connectivity index (χ3v) is 5.06. The zero-order valence-electron chi connectivity index (χ0n) is 12.0. The highest BCUT2D eigenvalue weighted by Gasteiger charge is 2.65. The van der Waals surface area contributed by atoms with Crippen LogP contribution in [0.25, 0.3) is 0 Å². The largest absolute Gasteiger partial charge is 0.456 e. The van der Waals surface area contributed by atoms with E-state index in [1.165, 1.54) is 0 Å². The maximum atomic E-state index is 13.0. The zero-order valence-corrected chi connectivity index (χ0v) is 12.0. The molecular formula is C14H19F3O4. The Hall–Kier alpha value is -0.820. The van der Waals surface area contributed by atoms with Crippen LogP contribution in [0.1, 0.15) is 33.1 Å². The molecule has 1 aliphatic heterocycles. The van der Waals surface area contributed by atoms with Gasteiger partial charge in [-0.1, -0.05) is 0 Å². The molecule has 0 aromatic heterocycles. The van der Waals surface area contributed by atoms with Gasteiger partial charge >= 0.3 is 12.1 Å². The Balaban J connectivity index is 1.79. The summed E-state index contributed by atoms with van der Waals surface area (Å²) in [6.45, 7) is 2.46. The van der Waals surface area contributed by atoms with E-state index in [9.17, 15) is 18.0 Å². The molecule has 7 heteroatoms. The van der Waals surface area contributed by atoms with Crippen molar-refractivity contribution in [1.29, 1.82) is 0 Å². The number of halogens is 3. The molecule has 3 aliphatic rings. The summed E-state index contributed by atoms with van der Waals surface area (Å²) in [4.78, 5) is 12.0. The van der Waals surface area contributed by atoms with E-state index in [1.807, 2.05) is 0 Å². The fraction of sp³-hybridized carbons (Fsp3) is 0.929. The van der Waals surface area contributed by atoms with Crippen molar-refractivity contribution in [1.82, 2.24) is 0 Å². The van der Waals surface area contributed by atoms with Crippen LogP contribution in [0.5, 0.6) is 0 Å². The Morgan fingerprint density at radius 2 is 1.81 bits per heavy atom. The minimum Gasteiger partial charge on any atom is -0.456 e. The molecule has 21 heavy (non-hydrogen) atoms. The number of carbonyl (C=O) groups is 1. The average molecular weight is 308 g/mol. The van der Waals surface area contributed by atoms with Crippen LogP contribution in [0.2, 0.25) is 0 Å². The molecule has 1 spiro atoms. The van der Waals surface area contributed by atoms with Gasteiger partial charge in [-0.3, -0.25) is 4.79 Å². The van der Waals surface area contributed by atoms with Crippen molar-refractivity contribution in [2.24, 2.45) is 17.3 Å². The number of alkyl halides is 3. The number of rotatable bonds is 2. The first-order chi connectivity index (χ1) is 9.68. The van der Waals surface area contributed by atoms with E-state index >= 15 is 0 Å². The van der Waals surface area contributed by atoms with Gasteiger partial charge in [0.25, 0.3) is 0 Å². The first-order valence-corrected chi connectivity index (χ1v) is 7.24. The van der Waals surface area contributed by atoms with E-state index in [2.05, 4.69) is 0 Å². The molecule has 0 aromatic carbocycles. The van der Waals surface area contributed by atoms with Crippen LogP contribution in [-0.2, 0) is 19.0 Å². The van der Waals surface area contributed by atoms with Gasteiger partial charge in [0.15, 0.2) is 11.5 Å². The number of ether oxygens (including phenoxy) is 3. The topological polar surface area (TPSA) is 44.8 Å². The highest BCUT2D eigenvalue weighted by Crippen LogP contribution is 2.56. The predicted octanol–water partition coefficient (Wildman–Crippen LogP) is 2.66. The van der Waals surface area contributed by atoms with Gasteiger partial charge < -0.3 is 14.2 Å². The molecule has 0 aromatic rings. The first-order valence-electron chi connectivity index (χ1n) is 7.24. The Morgan fingerprint density at radius 1 is 1.19 bits per heavy atom. The summed E-state index contributed by atoms with van der Waals surface area (Å²) < 4.78 is 55.5. The molecular weight excluding hydrogens is 289 g/mol. The number of hydrogen-bond donors (Lipinski definition) is 0. The summed E-state index contributed by atoms with van der Waals surface area (Å²) in [5.41, 5.74) is -2.53. The van der Waals surface area contributed by atoms with Crippen LogP contribution in [-0.4, -0.2) is 37.3 Å². The fourth-order valence-corrected chi connectivity index (χ4v) is 3.62. The van der Waals surface area contributed by atoms with Crippen LogP contribution in [0.3, 0.4) is 0 Å². The van der Waals surface area contributed by atoms with Gasteiger partial charge in [-0.25, -0.2) is 0 Å². The molecule has 3 rings (SSSR count). The lowest BCUT2D eigenvalue weighted by Crippen LogP contribution is -2.53. The van der Waals surface area contributed by atoms with Crippen LogP contribution in [0.15, 0.2) is 0 Å². The standard InChI is InChI=1S/C14H19F3O4/c1-12(2,14(15,16)17)11(18)21-10-8-3-4-9(7-8)13(10)19-5-6-20-13/h8-10H,3-7H2,1-2H3. The monoisotopic (exact) mass is 308 g/mol. The maximum absolute atomic E-state index is 13.0. The Labute approximate surface area is 120 Å². The highest BCUT2D eigenvalue weighted by molar-refractivity contribution is 5.77. The molecule has 2 saturated carbocycles. The van der Waals surface area contributed by atoms with Crippen molar-refractivity contribution in [2.45, 2.75) is 51.2 Å². The van der Waals surface area contributed by atoms with E-state index in [-0.39, 0.29) is 11.8 Å². The third kappa shape index (κ3) is 2.08. The second-order valence-electron chi connectivity index (χ2n) is 6.64. The number of carbonyl (C=O) groups excluding carboxylic acids is 1. The molecule has 0 radical (unpaired) electrons. The van der Waals surface area contributed by atoms with E-state index in [0.29, 0.717) is 13.2 Å². The van der Waals surface area contributed by atoms with Gasteiger partial charge in [0.1, 0.15) is 0 Å². The molecule has 3 atom stereocenters. The lowest BCUT2D eigenvalue weighted by atomic mass is 9.89. The summed E-state index contributed by atoms with van der Waals surface area (Å²) in [7, 11) is 0. The van der Waals surface area contributed by atoms with E-state index in [0.717, 1.165) is 33.1 Å². The second kappa shape index (κ2) is 4.59. The zero-order chi connectivity index (χ0) is 15.5. The van der Waals surface area contributed by atoms with Crippen LogP contribution in [0, 0.1) is 17.3 Å². The molecule has 3 fully saturated rings. The van der Waals surface area contributed by atoms with Gasteiger partial charge in [-0.15, -0.1) is 0 Å². The van der Waals surface area contributed by atoms with Crippen LogP contribution < -0.4 is 0 Å². The van der Waals surface area contributed by atoms with Crippen molar-refractivity contribution in [2.75, 3.05) is 13.2 Å². The van der Waals surface area contributed by atoms with Crippen molar-refractivity contribution in [3.8, 4) is 0 Å². The molecule has 1 heterocycles. The van der Waals surface area contributed by atoms with Gasteiger partial charge in [0.05, 0.1) is 13.2 Å². The van der Waals surface area contributed by atoms with Gasteiger partial charge in [-0.2, -0.15) is 13.2 Å². The van der Waals surface area contributed by atoms with Crippen molar-refractivity contribution in [3.63, 3.8) is 0 Å². The quantitative estimate of drug-likeness (QED) is 0.736. The molecule has 2 aliphatic carbocycles. The van der Waals surface area contributed by atoms with E-state index in [4.69, 9.17) is 14.2 Å². The minimum absolute atomic E-state index is 0.0288. The lowest BCUT2D eigenvalue weighted by molar-refractivity contribution is -0.268. The molecule has 0 amide bonds. The summed E-state index contributed by atoms with van der Waals surface area (Å²) in [5.74, 6) is -2.14. The van der Waals surface area contributed by atoms with Crippen LogP contribution >= 0.6 is 0 Å². The number of fused-ring (bicyclic) bond motifs is 3. The first kappa shape index (κ1) is 15.1. The molecule has 1 saturated heterocycles. The van der Waals surface area contributed by atoms with E-state index < -0.39 is 29.5 Å². The second-order valence-corrected chi connectivity index (χ2v) is 6.64. The normalized spacial score (nSPS) is 34.6. The third-order valence-electron chi connectivity index (χ3n) is 5.06. The SMILES string of the molecule is CC(C)(C(=O)OC1C2CCC(C2)C12OCCO2)C(F)(F)F. The summed E-state index contributed by atoms with van der Waals surface area (Å²) in [6.07, 6.45) is -2.85. The highest BCUT2D eigenvalue weighted by atomic mass is 19.4. The molecule has 3 unspecified atom stereocenters. The minimum atomic E-state index is -4.65. The van der Waals surface area contributed by atoms with Crippen molar-refractivity contribution < 1.29 is 32.2 Å². The number of hydrogen-bond acceptors (Lipinski definition) is 4. The molecule has 2 bridgehead atoms. The number of esters is 1. The smallest absolute Gasteiger partial charge is 0.404 e. The Bertz CT molecular complexity index is 440. The predicted molar refractivity (Wildman–Crippen MR) is 65.2 cm³/mol. The van der Waals surface area contributed by atoms with Crippen LogP contribution in [0.4, 0.5) is 13.2 Å². The summed E-state index contributed by atoms with van der Waals surface area (Å²) >= 11 is 0. The van der Waals surface area contributed by atoms with Crippen molar-refractivity contribution >= 4 is 5.97 Å². The van der Waals surface area contributed by atoms with E-state index in [1.54, 1.807) is 0 Å². The molecule has 4 nitrogen and oxygen atoms in total. The fourth-order valence-electron chi connectivity index (χ4n) is 3.62. The maximum Gasteiger partial charge on any atom is 0.404 e. The Morgan fingerprint density at radius 3 is 2.38 bits per heavy atom. The summed E-state index contributed by atoms with van der Waals surface area (Å²) in [6, 6.07) is 0. The molecule has 0 N–H and O–H groups in total. The summed E-state index contributed by atoms with van der Waals surface area (Å²) in [5, 5.41) is 0. The van der Waals surface area contributed by atoms with Crippen molar-refractivity contribution in [3.05, 3.63) is 0 Å².